The van der Waals surface area contributed by atoms with E-state index in [1.807, 2.05) is 0 Å². The molecule has 5 heteroatoms. The Bertz CT molecular complexity index is 1270. The van der Waals surface area contributed by atoms with Crippen molar-refractivity contribution in [3.63, 3.8) is 0 Å². The summed E-state index contributed by atoms with van der Waals surface area (Å²) in [5, 5.41) is 0. The molecule has 0 bridgehead atoms. The Hall–Kier alpha value is -2.66. The van der Waals surface area contributed by atoms with Gasteiger partial charge < -0.3 is 14.2 Å². The lowest BCUT2D eigenvalue weighted by Crippen LogP contribution is -2.30. The van der Waals surface area contributed by atoms with E-state index in [1.165, 1.54) is 186 Å². The molecule has 0 fully saturated rings. The molecule has 0 rings (SSSR count). The SMILES string of the molecule is CC/C=C\C/C=C\C/C=C\CCCCCCCCCC(=O)OC(COCCCCCCCCCCCCCCCCCCCCCC)COC(=O)CCCCCCCC/C=C\C/C=C\C/C=C\CCCCC. The van der Waals surface area contributed by atoms with Crippen LogP contribution in [0, 0.1) is 0 Å². The molecular formula is C67H120O5. The number of rotatable bonds is 58. The predicted molar refractivity (Wildman–Crippen MR) is 316 cm³/mol. The molecule has 72 heavy (non-hydrogen) atoms. The maximum absolute atomic E-state index is 12.9. The number of hydrogen-bond acceptors (Lipinski definition) is 5. The van der Waals surface area contributed by atoms with Crippen LogP contribution in [0.15, 0.2) is 72.9 Å². The Labute approximate surface area is 448 Å². The van der Waals surface area contributed by atoms with Gasteiger partial charge in [-0.2, -0.15) is 0 Å². The second-order valence-electron chi connectivity index (χ2n) is 20.9. The molecule has 0 amide bonds. The summed E-state index contributed by atoms with van der Waals surface area (Å²) in [6, 6.07) is 0. The highest BCUT2D eigenvalue weighted by Gasteiger charge is 2.17. The van der Waals surface area contributed by atoms with Crippen LogP contribution >= 0.6 is 0 Å². The Morgan fingerprint density at radius 1 is 0.319 bits per heavy atom. The predicted octanol–water partition coefficient (Wildman–Crippen LogP) is 21.8. The van der Waals surface area contributed by atoms with Gasteiger partial charge >= 0.3 is 11.9 Å². The Morgan fingerprint density at radius 2 is 0.625 bits per heavy atom. The first-order valence-corrected chi connectivity index (χ1v) is 31.5. The second kappa shape index (κ2) is 62.6. The van der Waals surface area contributed by atoms with Gasteiger partial charge in [0.15, 0.2) is 6.10 Å². The standard InChI is InChI=1S/C67H120O5/c1-4-7-10-13-16-19-22-25-28-31-33-35-38-41-44-47-50-53-56-59-62-70-63-65(72-67(69)61-58-55-52-49-46-43-40-36-30-27-24-21-18-15-12-9-6-3)64-71-66(68)60-57-54-51-48-45-42-39-37-34-32-29-26-23-20-17-14-11-8-5-2/h9,12,17-18,20-21,26-27,29-30,34,37,65H,4-8,10-11,13-16,19,22-25,28,31-33,35-36,38-64H2,1-3H3/b12-9-,20-17-,21-18-,29-26-,30-27-,37-34-. The summed E-state index contributed by atoms with van der Waals surface area (Å²) < 4.78 is 17.5. The maximum atomic E-state index is 12.9. The van der Waals surface area contributed by atoms with Crippen LogP contribution in [0.4, 0.5) is 0 Å². The summed E-state index contributed by atoms with van der Waals surface area (Å²) >= 11 is 0. The van der Waals surface area contributed by atoms with Gasteiger partial charge in [-0.3, -0.25) is 9.59 Å². The second-order valence-corrected chi connectivity index (χ2v) is 20.9. The quantitative estimate of drug-likeness (QED) is 0.0345. The van der Waals surface area contributed by atoms with E-state index in [-0.39, 0.29) is 25.2 Å². The summed E-state index contributed by atoms with van der Waals surface area (Å²) in [7, 11) is 0. The van der Waals surface area contributed by atoms with E-state index < -0.39 is 6.10 Å². The van der Waals surface area contributed by atoms with Gasteiger partial charge in [-0.25, -0.2) is 0 Å². The van der Waals surface area contributed by atoms with Crippen molar-refractivity contribution in [3.05, 3.63) is 72.9 Å². The normalized spacial score (nSPS) is 12.7. The number of hydrogen-bond donors (Lipinski definition) is 0. The van der Waals surface area contributed by atoms with Gasteiger partial charge in [0.2, 0.25) is 0 Å². The fraction of sp³-hybridized carbons (Fsp3) is 0.791. The smallest absolute Gasteiger partial charge is 0.306 e. The van der Waals surface area contributed by atoms with Crippen LogP contribution in [-0.4, -0.2) is 37.9 Å². The molecule has 418 valence electrons. The van der Waals surface area contributed by atoms with Crippen LogP contribution in [0.5, 0.6) is 0 Å². The molecule has 1 atom stereocenters. The van der Waals surface area contributed by atoms with E-state index in [0.29, 0.717) is 19.4 Å². The largest absolute Gasteiger partial charge is 0.462 e. The number of ether oxygens (including phenoxy) is 3. The molecule has 0 heterocycles. The molecule has 0 radical (unpaired) electrons. The topological polar surface area (TPSA) is 61.8 Å². The monoisotopic (exact) mass is 1000 g/mol. The highest BCUT2D eigenvalue weighted by molar-refractivity contribution is 5.70. The summed E-state index contributed by atoms with van der Waals surface area (Å²) in [4.78, 5) is 25.6. The van der Waals surface area contributed by atoms with Gasteiger partial charge in [0.1, 0.15) is 6.61 Å². The molecular weight excluding hydrogens is 885 g/mol. The van der Waals surface area contributed by atoms with Crippen molar-refractivity contribution in [1.82, 2.24) is 0 Å². The number of carbonyl (C=O) groups is 2. The molecule has 0 aromatic heterocycles. The van der Waals surface area contributed by atoms with Crippen LogP contribution in [0.3, 0.4) is 0 Å². The van der Waals surface area contributed by atoms with Gasteiger partial charge in [0.05, 0.1) is 6.61 Å². The van der Waals surface area contributed by atoms with Crippen molar-refractivity contribution >= 4 is 11.9 Å². The van der Waals surface area contributed by atoms with Crippen molar-refractivity contribution < 1.29 is 23.8 Å². The number of esters is 2. The average Bonchev–Trinajstić information content (AvgIpc) is 3.38. The van der Waals surface area contributed by atoms with E-state index in [2.05, 4.69) is 93.7 Å². The fourth-order valence-electron chi connectivity index (χ4n) is 9.06. The highest BCUT2D eigenvalue weighted by atomic mass is 16.6. The first kappa shape index (κ1) is 69.3. The van der Waals surface area contributed by atoms with Gasteiger partial charge in [-0.1, -0.05) is 286 Å². The fourth-order valence-corrected chi connectivity index (χ4v) is 9.06. The first-order chi connectivity index (χ1) is 35.6. The van der Waals surface area contributed by atoms with Gasteiger partial charge in [0.25, 0.3) is 0 Å². The van der Waals surface area contributed by atoms with E-state index in [0.717, 1.165) is 96.3 Å². The molecule has 0 aliphatic carbocycles. The molecule has 0 aromatic rings. The molecule has 0 spiro atoms. The molecule has 1 unspecified atom stereocenters. The average molecular weight is 1010 g/mol. The third-order valence-electron chi connectivity index (χ3n) is 13.7. The molecule has 0 aliphatic rings. The Kier molecular flexibility index (Phi) is 60.3. The lowest BCUT2D eigenvalue weighted by atomic mass is 10.0. The lowest BCUT2D eigenvalue weighted by molar-refractivity contribution is -0.163. The van der Waals surface area contributed by atoms with Crippen molar-refractivity contribution in [2.75, 3.05) is 19.8 Å². The van der Waals surface area contributed by atoms with E-state index in [9.17, 15) is 9.59 Å². The molecule has 0 aromatic carbocycles. The van der Waals surface area contributed by atoms with Crippen LogP contribution in [0.25, 0.3) is 0 Å². The molecule has 0 N–H and O–H groups in total. The maximum Gasteiger partial charge on any atom is 0.306 e. The molecule has 5 nitrogen and oxygen atoms in total. The van der Waals surface area contributed by atoms with E-state index in [4.69, 9.17) is 14.2 Å². The van der Waals surface area contributed by atoms with E-state index in [1.54, 1.807) is 0 Å². The third kappa shape index (κ3) is 59.9. The zero-order chi connectivity index (χ0) is 52.0. The summed E-state index contributed by atoms with van der Waals surface area (Å²) in [5.74, 6) is -0.409. The van der Waals surface area contributed by atoms with Crippen LogP contribution in [0.2, 0.25) is 0 Å². The summed E-state index contributed by atoms with van der Waals surface area (Å²) in [6.45, 7) is 7.72. The number of allylic oxidation sites excluding steroid dienone is 12. The van der Waals surface area contributed by atoms with Gasteiger partial charge in [-0.15, -0.1) is 0 Å². The minimum Gasteiger partial charge on any atom is -0.462 e. The molecule has 0 saturated carbocycles. The Morgan fingerprint density at radius 3 is 1.03 bits per heavy atom. The van der Waals surface area contributed by atoms with Crippen molar-refractivity contribution in [3.8, 4) is 0 Å². The van der Waals surface area contributed by atoms with Crippen LogP contribution < -0.4 is 0 Å². The lowest BCUT2D eigenvalue weighted by Gasteiger charge is -2.18. The van der Waals surface area contributed by atoms with Crippen molar-refractivity contribution in [2.45, 2.75) is 322 Å². The zero-order valence-corrected chi connectivity index (χ0v) is 48.2. The first-order valence-electron chi connectivity index (χ1n) is 31.5. The summed E-state index contributed by atoms with van der Waals surface area (Å²) in [5.41, 5.74) is 0. The third-order valence-corrected chi connectivity index (χ3v) is 13.7. The number of unbranched alkanes of at least 4 members (excludes halogenated alkanes) is 35. The van der Waals surface area contributed by atoms with Crippen LogP contribution in [-0.2, 0) is 23.8 Å². The minimum atomic E-state index is -0.549. The summed E-state index contributed by atoms with van der Waals surface area (Å²) in [6.07, 6.45) is 82.2. The number of carbonyl (C=O) groups excluding carboxylic acids is 2. The van der Waals surface area contributed by atoms with Crippen molar-refractivity contribution in [1.29, 1.82) is 0 Å². The Balaban J connectivity index is 4.29. The van der Waals surface area contributed by atoms with Gasteiger partial charge in [0, 0.05) is 19.4 Å². The van der Waals surface area contributed by atoms with Crippen molar-refractivity contribution in [2.24, 2.45) is 0 Å². The zero-order valence-electron chi connectivity index (χ0n) is 48.2. The minimum absolute atomic E-state index is 0.0752. The molecule has 0 saturated heterocycles. The van der Waals surface area contributed by atoms with E-state index >= 15 is 0 Å². The highest BCUT2D eigenvalue weighted by Crippen LogP contribution is 2.17. The van der Waals surface area contributed by atoms with Gasteiger partial charge in [-0.05, 0) is 89.9 Å². The molecule has 0 aliphatic heterocycles. The van der Waals surface area contributed by atoms with Crippen LogP contribution in [0.1, 0.15) is 316 Å².